The van der Waals surface area contributed by atoms with Crippen molar-refractivity contribution < 1.29 is 14.3 Å². The fourth-order valence-corrected chi connectivity index (χ4v) is 2.36. The maximum Gasteiger partial charge on any atom is 0.310 e. The van der Waals surface area contributed by atoms with E-state index in [0.717, 1.165) is 16.6 Å². The number of esters is 1. The van der Waals surface area contributed by atoms with Crippen LogP contribution in [0, 0.1) is 0 Å². The van der Waals surface area contributed by atoms with Crippen molar-refractivity contribution in [2.45, 2.75) is 13.3 Å². The Kier molecular flexibility index (Phi) is 5.03. The van der Waals surface area contributed by atoms with Gasteiger partial charge in [-0.15, -0.1) is 0 Å². The van der Waals surface area contributed by atoms with E-state index in [2.05, 4.69) is 20.3 Å². The van der Waals surface area contributed by atoms with Crippen molar-refractivity contribution in [3.8, 4) is 5.88 Å². The van der Waals surface area contributed by atoms with Gasteiger partial charge in [0.05, 0.1) is 25.5 Å². The lowest BCUT2D eigenvalue weighted by Crippen LogP contribution is -2.07. The molecule has 3 aromatic rings. The second-order valence-electron chi connectivity index (χ2n) is 5.25. The monoisotopic (exact) mass is 338 g/mol. The summed E-state index contributed by atoms with van der Waals surface area (Å²) >= 11 is 0. The number of methoxy groups -OCH3 is 1. The molecule has 2 aromatic heterocycles. The van der Waals surface area contributed by atoms with Crippen molar-refractivity contribution in [3.05, 3.63) is 48.3 Å². The number of carbonyl (C=O) groups excluding carboxylic acids is 1. The third-order valence-electron chi connectivity index (χ3n) is 3.55. The van der Waals surface area contributed by atoms with Gasteiger partial charge in [0.2, 0.25) is 5.88 Å². The van der Waals surface area contributed by atoms with Crippen LogP contribution in [-0.2, 0) is 16.0 Å². The number of nitrogens with zero attached hydrogens (tertiary/aromatic N) is 3. The van der Waals surface area contributed by atoms with Gasteiger partial charge in [0.1, 0.15) is 12.1 Å². The molecule has 0 saturated heterocycles. The van der Waals surface area contributed by atoms with E-state index in [4.69, 9.17) is 9.47 Å². The molecule has 0 saturated carbocycles. The summed E-state index contributed by atoms with van der Waals surface area (Å²) < 4.78 is 10.1. The highest BCUT2D eigenvalue weighted by molar-refractivity contribution is 5.88. The Morgan fingerprint density at radius 1 is 1.12 bits per heavy atom. The maximum atomic E-state index is 11.5. The largest absolute Gasteiger partial charge is 0.481 e. The average molecular weight is 338 g/mol. The van der Waals surface area contributed by atoms with Crippen molar-refractivity contribution in [1.29, 1.82) is 0 Å². The van der Waals surface area contributed by atoms with Crippen LogP contribution in [0.3, 0.4) is 0 Å². The molecule has 0 fully saturated rings. The summed E-state index contributed by atoms with van der Waals surface area (Å²) in [5.74, 6) is 0.920. The molecule has 2 heterocycles. The highest BCUT2D eigenvalue weighted by Gasteiger charge is 2.08. The topological polar surface area (TPSA) is 86.2 Å². The van der Waals surface area contributed by atoms with Crippen LogP contribution in [0.1, 0.15) is 12.5 Å². The van der Waals surface area contributed by atoms with Gasteiger partial charge in [-0.2, -0.15) is 4.98 Å². The number of hydrogen-bond acceptors (Lipinski definition) is 7. The van der Waals surface area contributed by atoms with Crippen LogP contribution in [0.2, 0.25) is 0 Å². The van der Waals surface area contributed by atoms with Gasteiger partial charge in [0.25, 0.3) is 0 Å². The van der Waals surface area contributed by atoms with Gasteiger partial charge >= 0.3 is 5.97 Å². The molecule has 0 bridgehead atoms. The summed E-state index contributed by atoms with van der Waals surface area (Å²) in [5, 5.41) is 4.03. The van der Waals surface area contributed by atoms with E-state index < -0.39 is 0 Å². The number of ether oxygens (including phenoxy) is 2. The van der Waals surface area contributed by atoms with Crippen LogP contribution in [0.25, 0.3) is 11.0 Å². The van der Waals surface area contributed by atoms with E-state index in [1.807, 2.05) is 30.3 Å². The Balaban J connectivity index is 1.78. The molecule has 25 heavy (non-hydrogen) atoms. The SMILES string of the molecule is CCOC(=O)Cc1ccc(Nc2ncnc3nc(OC)ccc23)cc1. The first kappa shape index (κ1) is 16.6. The molecule has 0 spiro atoms. The second-order valence-corrected chi connectivity index (χ2v) is 5.25. The summed E-state index contributed by atoms with van der Waals surface area (Å²) in [5.41, 5.74) is 2.29. The van der Waals surface area contributed by atoms with Crippen molar-refractivity contribution in [2.75, 3.05) is 19.0 Å². The standard InChI is InChI=1S/C18H18N4O3/c1-3-25-16(23)10-12-4-6-13(7-5-12)21-17-14-8-9-15(24-2)22-18(14)20-11-19-17/h4-9,11H,3,10H2,1-2H3,(H,19,20,21,22). The van der Waals surface area contributed by atoms with E-state index in [1.165, 1.54) is 6.33 Å². The van der Waals surface area contributed by atoms with Gasteiger partial charge in [0, 0.05) is 11.8 Å². The molecule has 0 radical (unpaired) electrons. The molecule has 0 aliphatic carbocycles. The third kappa shape index (κ3) is 4.00. The quantitative estimate of drug-likeness (QED) is 0.692. The number of anilines is 2. The van der Waals surface area contributed by atoms with Crippen molar-refractivity contribution in [3.63, 3.8) is 0 Å². The highest BCUT2D eigenvalue weighted by atomic mass is 16.5. The first-order chi connectivity index (χ1) is 12.2. The predicted octanol–water partition coefficient (Wildman–Crippen LogP) is 2.88. The lowest BCUT2D eigenvalue weighted by Gasteiger charge is -2.09. The molecule has 1 aromatic carbocycles. The lowest BCUT2D eigenvalue weighted by molar-refractivity contribution is -0.142. The molecular formula is C18H18N4O3. The fourth-order valence-electron chi connectivity index (χ4n) is 2.36. The Hall–Kier alpha value is -3.22. The molecule has 0 unspecified atom stereocenters. The van der Waals surface area contributed by atoms with Crippen LogP contribution in [0.5, 0.6) is 5.88 Å². The van der Waals surface area contributed by atoms with E-state index in [-0.39, 0.29) is 12.4 Å². The fraction of sp³-hybridized carbons (Fsp3) is 0.222. The Labute approximate surface area is 145 Å². The molecule has 0 atom stereocenters. The summed E-state index contributed by atoms with van der Waals surface area (Å²) in [7, 11) is 1.56. The number of fused-ring (bicyclic) bond motifs is 1. The zero-order valence-corrected chi connectivity index (χ0v) is 14.0. The van der Waals surface area contributed by atoms with Crippen LogP contribution in [-0.4, -0.2) is 34.6 Å². The first-order valence-electron chi connectivity index (χ1n) is 7.87. The Bertz CT molecular complexity index is 881. The zero-order valence-electron chi connectivity index (χ0n) is 14.0. The summed E-state index contributed by atoms with van der Waals surface area (Å²) in [4.78, 5) is 24.2. The summed E-state index contributed by atoms with van der Waals surface area (Å²) in [6, 6.07) is 11.2. The molecule has 7 heteroatoms. The summed E-state index contributed by atoms with van der Waals surface area (Å²) in [6.45, 7) is 2.18. The normalized spacial score (nSPS) is 10.5. The Morgan fingerprint density at radius 3 is 2.64 bits per heavy atom. The van der Waals surface area contributed by atoms with E-state index in [1.54, 1.807) is 20.1 Å². The average Bonchev–Trinajstić information content (AvgIpc) is 2.63. The number of nitrogens with one attached hydrogen (secondary N) is 1. The van der Waals surface area contributed by atoms with Gasteiger partial charge in [-0.05, 0) is 30.7 Å². The zero-order chi connectivity index (χ0) is 17.6. The third-order valence-corrected chi connectivity index (χ3v) is 3.55. The number of rotatable bonds is 6. The van der Waals surface area contributed by atoms with E-state index in [0.29, 0.717) is 24.0 Å². The number of carbonyl (C=O) groups is 1. The van der Waals surface area contributed by atoms with Gasteiger partial charge in [-0.3, -0.25) is 4.79 Å². The van der Waals surface area contributed by atoms with Crippen LogP contribution < -0.4 is 10.1 Å². The van der Waals surface area contributed by atoms with Crippen molar-refractivity contribution in [1.82, 2.24) is 15.0 Å². The number of benzene rings is 1. The van der Waals surface area contributed by atoms with E-state index in [9.17, 15) is 4.79 Å². The number of aromatic nitrogens is 3. The number of hydrogen-bond donors (Lipinski definition) is 1. The van der Waals surface area contributed by atoms with Gasteiger partial charge in [-0.1, -0.05) is 12.1 Å². The number of pyridine rings is 1. The molecule has 0 aliphatic heterocycles. The van der Waals surface area contributed by atoms with Crippen LogP contribution in [0.4, 0.5) is 11.5 Å². The minimum Gasteiger partial charge on any atom is -0.481 e. The maximum absolute atomic E-state index is 11.5. The minimum atomic E-state index is -0.231. The Morgan fingerprint density at radius 2 is 1.92 bits per heavy atom. The lowest BCUT2D eigenvalue weighted by atomic mass is 10.1. The smallest absolute Gasteiger partial charge is 0.310 e. The van der Waals surface area contributed by atoms with E-state index >= 15 is 0 Å². The molecular weight excluding hydrogens is 320 g/mol. The minimum absolute atomic E-state index is 0.231. The van der Waals surface area contributed by atoms with Crippen LogP contribution >= 0.6 is 0 Å². The van der Waals surface area contributed by atoms with Gasteiger partial charge < -0.3 is 14.8 Å². The predicted molar refractivity (Wildman–Crippen MR) is 93.9 cm³/mol. The van der Waals surface area contributed by atoms with Crippen LogP contribution in [0.15, 0.2) is 42.7 Å². The van der Waals surface area contributed by atoms with Crippen molar-refractivity contribution in [2.24, 2.45) is 0 Å². The first-order valence-corrected chi connectivity index (χ1v) is 7.87. The molecule has 1 N–H and O–H groups in total. The molecule has 7 nitrogen and oxygen atoms in total. The molecule has 128 valence electrons. The highest BCUT2D eigenvalue weighted by Crippen LogP contribution is 2.24. The van der Waals surface area contributed by atoms with Crippen molar-refractivity contribution >= 4 is 28.5 Å². The summed E-state index contributed by atoms with van der Waals surface area (Å²) in [6.07, 6.45) is 1.71. The van der Waals surface area contributed by atoms with Gasteiger partial charge in [0.15, 0.2) is 5.65 Å². The van der Waals surface area contributed by atoms with Gasteiger partial charge in [-0.25, -0.2) is 9.97 Å². The molecule has 0 aliphatic rings. The molecule has 0 amide bonds. The second kappa shape index (κ2) is 7.57. The molecule has 3 rings (SSSR count).